The van der Waals surface area contributed by atoms with Crippen molar-refractivity contribution in [2.75, 3.05) is 6.61 Å². The van der Waals surface area contributed by atoms with Gasteiger partial charge in [-0.25, -0.2) is 9.18 Å². The van der Waals surface area contributed by atoms with E-state index in [9.17, 15) is 14.3 Å². The molecule has 0 radical (unpaired) electrons. The number of ether oxygens (including phenoxy) is 1. The van der Waals surface area contributed by atoms with E-state index in [1.165, 1.54) is 12.1 Å². The predicted molar refractivity (Wildman–Crippen MR) is 62.4 cm³/mol. The molecule has 17 heavy (non-hydrogen) atoms. The van der Waals surface area contributed by atoms with Crippen LogP contribution in [0.15, 0.2) is 12.1 Å². The van der Waals surface area contributed by atoms with E-state index < -0.39 is 17.9 Å². The van der Waals surface area contributed by atoms with Gasteiger partial charge in [-0.2, -0.15) is 0 Å². The van der Waals surface area contributed by atoms with Crippen LogP contribution in [0.4, 0.5) is 4.39 Å². The Morgan fingerprint density at radius 2 is 2.18 bits per heavy atom. The quantitative estimate of drug-likeness (QED) is 0.847. The van der Waals surface area contributed by atoms with Gasteiger partial charge in [0, 0.05) is 0 Å². The van der Waals surface area contributed by atoms with Crippen molar-refractivity contribution in [1.29, 1.82) is 0 Å². The Labute approximate surface area is 104 Å². The molecule has 0 saturated carbocycles. The van der Waals surface area contributed by atoms with E-state index in [1.807, 2.05) is 0 Å². The van der Waals surface area contributed by atoms with Crippen LogP contribution in [0.3, 0.4) is 0 Å². The Hall–Kier alpha value is -1.13. The second-order valence-electron chi connectivity index (χ2n) is 3.48. The number of benzene rings is 1. The Balaban J connectivity index is 3.06. The standard InChI is InChI=1S/C12H14ClFO3/c1-3-7-5-8(6-9(13)10(7)14)11(15)12(16)17-4-2/h5-6,11,15H,3-4H2,1-2H3. The summed E-state index contributed by atoms with van der Waals surface area (Å²) in [4.78, 5) is 11.3. The number of esters is 1. The van der Waals surface area contributed by atoms with Gasteiger partial charge in [-0.3, -0.25) is 0 Å². The maximum atomic E-state index is 13.5. The first-order valence-corrected chi connectivity index (χ1v) is 5.71. The maximum absolute atomic E-state index is 13.5. The van der Waals surface area contributed by atoms with E-state index in [1.54, 1.807) is 13.8 Å². The van der Waals surface area contributed by atoms with E-state index in [0.29, 0.717) is 12.0 Å². The number of carbonyl (C=O) groups excluding carboxylic acids is 1. The van der Waals surface area contributed by atoms with Gasteiger partial charge in [-0.1, -0.05) is 18.5 Å². The SMILES string of the molecule is CCOC(=O)C(O)c1cc(Cl)c(F)c(CC)c1. The number of halogens is 2. The van der Waals surface area contributed by atoms with Crippen LogP contribution < -0.4 is 0 Å². The minimum Gasteiger partial charge on any atom is -0.464 e. The van der Waals surface area contributed by atoms with Crippen molar-refractivity contribution in [3.05, 3.63) is 34.1 Å². The molecule has 0 aromatic heterocycles. The summed E-state index contributed by atoms with van der Waals surface area (Å²) in [5.74, 6) is -1.29. The lowest BCUT2D eigenvalue weighted by atomic mass is 10.0. The highest BCUT2D eigenvalue weighted by Crippen LogP contribution is 2.25. The predicted octanol–water partition coefficient (Wildman–Crippen LogP) is 2.64. The van der Waals surface area contributed by atoms with Crippen LogP contribution in [0, 0.1) is 5.82 Å². The molecule has 0 fully saturated rings. The van der Waals surface area contributed by atoms with Gasteiger partial charge in [-0.05, 0) is 36.6 Å². The highest BCUT2D eigenvalue weighted by molar-refractivity contribution is 6.30. The minimum absolute atomic E-state index is 0.109. The fraction of sp³-hybridized carbons (Fsp3) is 0.417. The number of hydrogen-bond donors (Lipinski definition) is 1. The fourth-order valence-electron chi connectivity index (χ4n) is 1.44. The molecule has 0 aliphatic rings. The largest absolute Gasteiger partial charge is 0.464 e. The van der Waals surface area contributed by atoms with Crippen molar-refractivity contribution in [2.45, 2.75) is 26.4 Å². The number of hydrogen-bond acceptors (Lipinski definition) is 3. The zero-order chi connectivity index (χ0) is 13.0. The average molecular weight is 261 g/mol. The van der Waals surface area contributed by atoms with Crippen LogP contribution in [0.5, 0.6) is 0 Å². The van der Waals surface area contributed by atoms with Crippen LogP contribution in [0.2, 0.25) is 5.02 Å². The molecule has 0 saturated heterocycles. The van der Waals surface area contributed by atoms with Gasteiger partial charge in [0.1, 0.15) is 5.82 Å². The molecule has 1 aromatic carbocycles. The summed E-state index contributed by atoms with van der Waals surface area (Å²) in [6, 6.07) is 2.65. The summed E-state index contributed by atoms with van der Waals surface area (Å²) in [6.07, 6.45) is -1.01. The fourth-order valence-corrected chi connectivity index (χ4v) is 1.69. The summed E-state index contributed by atoms with van der Waals surface area (Å²) < 4.78 is 18.1. The van der Waals surface area contributed by atoms with Gasteiger partial charge in [0.15, 0.2) is 6.10 Å². The van der Waals surface area contributed by atoms with Crippen LogP contribution in [0.25, 0.3) is 0 Å². The first-order chi connectivity index (χ1) is 8.01. The van der Waals surface area contributed by atoms with Crippen LogP contribution in [-0.4, -0.2) is 17.7 Å². The summed E-state index contributed by atoms with van der Waals surface area (Å²) in [7, 11) is 0. The van der Waals surface area contributed by atoms with Crippen LogP contribution >= 0.6 is 11.6 Å². The lowest BCUT2D eigenvalue weighted by Gasteiger charge is -2.12. The molecule has 1 rings (SSSR count). The molecule has 1 aromatic rings. The van der Waals surface area contributed by atoms with Crippen molar-refractivity contribution in [3.63, 3.8) is 0 Å². The first-order valence-electron chi connectivity index (χ1n) is 5.33. The van der Waals surface area contributed by atoms with Gasteiger partial charge < -0.3 is 9.84 Å². The van der Waals surface area contributed by atoms with E-state index in [2.05, 4.69) is 4.74 Å². The highest BCUT2D eigenvalue weighted by Gasteiger charge is 2.21. The van der Waals surface area contributed by atoms with E-state index in [-0.39, 0.29) is 17.2 Å². The molecule has 0 heterocycles. The second-order valence-corrected chi connectivity index (χ2v) is 3.89. The Morgan fingerprint density at radius 3 is 2.71 bits per heavy atom. The van der Waals surface area contributed by atoms with Crippen molar-refractivity contribution in [1.82, 2.24) is 0 Å². The van der Waals surface area contributed by atoms with Gasteiger partial charge in [0.25, 0.3) is 0 Å². The molecular weight excluding hydrogens is 247 g/mol. The monoisotopic (exact) mass is 260 g/mol. The Kier molecular flexibility index (Phi) is 4.90. The van der Waals surface area contributed by atoms with Gasteiger partial charge in [-0.15, -0.1) is 0 Å². The van der Waals surface area contributed by atoms with E-state index >= 15 is 0 Å². The molecule has 5 heteroatoms. The first kappa shape index (κ1) is 13.9. The van der Waals surface area contributed by atoms with Crippen LogP contribution in [0.1, 0.15) is 31.1 Å². The molecule has 1 atom stereocenters. The molecule has 0 amide bonds. The number of aryl methyl sites for hydroxylation is 1. The number of aliphatic hydroxyl groups is 1. The molecule has 94 valence electrons. The molecule has 0 aliphatic heterocycles. The van der Waals surface area contributed by atoms with Gasteiger partial charge in [0.05, 0.1) is 11.6 Å². The van der Waals surface area contributed by atoms with Crippen molar-refractivity contribution < 1.29 is 19.0 Å². The summed E-state index contributed by atoms with van der Waals surface area (Å²) in [5, 5.41) is 9.59. The molecule has 3 nitrogen and oxygen atoms in total. The Bertz CT molecular complexity index is 420. The molecule has 0 aliphatic carbocycles. The summed E-state index contributed by atoms with van der Waals surface area (Å²) in [5.41, 5.74) is 0.600. The molecule has 1 unspecified atom stereocenters. The molecule has 0 spiro atoms. The Morgan fingerprint density at radius 1 is 1.53 bits per heavy atom. The minimum atomic E-state index is -1.43. The third kappa shape index (κ3) is 3.17. The number of rotatable bonds is 4. The van der Waals surface area contributed by atoms with Crippen molar-refractivity contribution >= 4 is 17.6 Å². The zero-order valence-electron chi connectivity index (χ0n) is 9.67. The maximum Gasteiger partial charge on any atom is 0.339 e. The molecular formula is C12H14ClFO3. The lowest BCUT2D eigenvalue weighted by molar-refractivity contribution is -0.153. The molecule has 1 N–H and O–H groups in total. The topological polar surface area (TPSA) is 46.5 Å². The van der Waals surface area contributed by atoms with Gasteiger partial charge >= 0.3 is 5.97 Å². The van der Waals surface area contributed by atoms with E-state index in [4.69, 9.17) is 11.6 Å². The summed E-state index contributed by atoms with van der Waals surface area (Å²) in [6.45, 7) is 3.57. The third-order valence-corrected chi connectivity index (χ3v) is 2.61. The third-order valence-electron chi connectivity index (χ3n) is 2.33. The van der Waals surface area contributed by atoms with E-state index in [0.717, 1.165) is 0 Å². The molecule has 0 bridgehead atoms. The lowest BCUT2D eigenvalue weighted by Crippen LogP contribution is -2.15. The second kappa shape index (κ2) is 5.98. The van der Waals surface area contributed by atoms with Crippen molar-refractivity contribution in [2.24, 2.45) is 0 Å². The normalized spacial score (nSPS) is 12.3. The van der Waals surface area contributed by atoms with Gasteiger partial charge in [0.2, 0.25) is 0 Å². The zero-order valence-corrected chi connectivity index (χ0v) is 10.4. The number of carbonyl (C=O) groups is 1. The number of aliphatic hydroxyl groups excluding tert-OH is 1. The van der Waals surface area contributed by atoms with Crippen LogP contribution in [-0.2, 0) is 16.0 Å². The smallest absolute Gasteiger partial charge is 0.339 e. The average Bonchev–Trinajstić information content (AvgIpc) is 2.31. The van der Waals surface area contributed by atoms with Crippen molar-refractivity contribution in [3.8, 4) is 0 Å². The highest BCUT2D eigenvalue weighted by atomic mass is 35.5. The summed E-state index contributed by atoms with van der Waals surface area (Å²) >= 11 is 5.69.